The van der Waals surface area contributed by atoms with Gasteiger partial charge in [-0.15, -0.1) is 0 Å². The SMILES string of the molecule is N#CC1(NCC2CC2)CCSC1. The van der Waals surface area contributed by atoms with Crippen LogP contribution in [0.1, 0.15) is 19.3 Å². The molecule has 0 bridgehead atoms. The van der Waals surface area contributed by atoms with Crippen LogP contribution >= 0.6 is 11.8 Å². The summed E-state index contributed by atoms with van der Waals surface area (Å²) in [5.74, 6) is 3.00. The minimum atomic E-state index is -0.173. The minimum absolute atomic E-state index is 0.173. The zero-order chi connectivity index (χ0) is 8.44. The van der Waals surface area contributed by atoms with Gasteiger partial charge in [0, 0.05) is 5.75 Å². The van der Waals surface area contributed by atoms with Crippen molar-refractivity contribution in [1.82, 2.24) is 5.32 Å². The normalized spacial score (nSPS) is 34.9. The molecular weight excluding hydrogens is 168 g/mol. The van der Waals surface area contributed by atoms with Gasteiger partial charge in [-0.3, -0.25) is 5.32 Å². The van der Waals surface area contributed by atoms with Crippen LogP contribution in [0.5, 0.6) is 0 Å². The maximum atomic E-state index is 9.02. The van der Waals surface area contributed by atoms with E-state index < -0.39 is 0 Å². The van der Waals surface area contributed by atoms with E-state index in [2.05, 4.69) is 11.4 Å². The summed E-state index contributed by atoms with van der Waals surface area (Å²) in [5.41, 5.74) is -0.173. The third-order valence-corrected chi connectivity index (χ3v) is 3.85. The van der Waals surface area contributed by atoms with Gasteiger partial charge < -0.3 is 0 Å². The molecule has 1 saturated heterocycles. The van der Waals surface area contributed by atoms with E-state index in [1.165, 1.54) is 12.8 Å². The summed E-state index contributed by atoms with van der Waals surface area (Å²) in [7, 11) is 0. The topological polar surface area (TPSA) is 35.8 Å². The lowest BCUT2D eigenvalue weighted by atomic mass is 10.0. The Labute approximate surface area is 77.7 Å². The molecule has 0 aromatic rings. The van der Waals surface area contributed by atoms with Gasteiger partial charge in [-0.2, -0.15) is 17.0 Å². The van der Waals surface area contributed by atoms with Gasteiger partial charge in [0.25, 0.3) is 0 Å². The maximum Gasteiger partial charge on any atom is 0.116 e. The van der Waals surface area contributed by atoms with Crippen molar-refractivity contribution in [3.05, 3.63) is 0 Å². The average Bonchev–Trinajstić information content (AvgIpc) is 2.82. The molecule has 0 spiro atoms. The van der Waals surface area contributed by atoms with E-state index in [4.69, 9.17) is 5.26 Å². The predicted octanol–water partition coefficient (Wildman–Crippen LogP) is 1.39. The summed E-state index contributed by atoms with van der Waals surface area (Å²) >= 11 is 1.89. The lowest BCUT2D eigenvalue weighted by Gasteiger charge is -2.20. The van der Waals surface area contributed by atoms with Gasteiger partial charge in [0.05, 0.1) is 6.07 Å². The number of nitrogens with zero attached hydrogens (tertiary/aromatic N) is 1. The summed E-state index contributed by atoms with van der Waals surface area (Å²) in [5, 5.41) is 12.4. The molecule has 1 aliphatic carbocycles. The third kappa shape index (κ3) is 1.75. The summed E-state index contributed by atoms with van der Waals surface area (Å²) in [6, 6.07) is 2.43. The fourth-order valence-corrected chi connectivity index (χ4v) is 2.79. The van der Waals surface area contributed by atoms with Crippen molar-refractivity contribution in [3.63, 3.8) is 0 Å². The molecular formula is C9H14N2S. The first-order chi connectivity index (χ1) is 5.85. The summed E-state index contributed by atoms with van der Waals surface area (Å²) < 4.78 is 0. The zero-order valence-corrected chi connectivity index (χ0v) is 7.99. The van der Waals surface area contributed by atoms with Gasteiger partial charge in [-0.1, -0.05) is 0 Å². The molecule has 2 aliphatic rings. The molecule has 2 nitrogen and oxygen atoms in total. The molecule has 0 aromatic heterocycles. The second-order valence-corrected chi connectivity index (χ2v) is 4.93. The van der Waals surface area contributed by atoms with Crippen LogP contribution in [-0.2, 0) is 0 Å². The van der Waals surface area contributed by atoms with E-state index in [9.17, 15) is 0 Å². The van der Waals surface area contributed by atoms with Crippen LogP contribution in [0.4, 0.5) is 0 Å². The maximum absolute atomic E-state index is 9.02. The fraction of sp³-hybridized carbons (Fsp3) is 0.889. The van der Waals surface area contributed by atoms with Gasteiger partial charge in [0.2, 0.25) is 0 Å². The molecule has 1 aliphatic heterocycles. The molecule has 1 N–H and O–H groups in total. The first kappa shape index (κ1) is 8.40. The van der Waals surface area contributed by atoms with Crippen molar-refractivity contribution >= 4 is 11.8 Å². The van der Waals surface area contributed by atoms with Crippen LogP contribution < -0.4 is 5.32 Å². The average molecular weight is 182 g/mol. The summed E-state index contributed by atoms with van der Waals surface area (Å²) in [6.45, 7) is 1.06. The number of hydrogen-bond acceptors (Lipinski definition) is 3. The highest BCUT2D eigenvalue weighted by Crippen LogP contribution is 2.31. The van der Waals surface area contributed by atoms with Crippen molar-refractivity contribution in [1.29, 1.82) is 5.26 Å². The Hall–Kier alpha value is -0.200. The number of nitriles is 1. The van der Waals surface area contributed by atoms with Crippen molar-refractivity contribution in [2.24, 2.45) is 5.92 Å². The van der Waals surface area contributed by atoms with Crippen LogP contribution in [0.25, 0.3) is 0 Å². The number of hydrogen-bond donors (Lipinski definition) is 1. The van der Waals surface area contributed by atoms with Gasteiger partial charge in [-0.05, 0) is 37.5 Å². The van der Waals surface area contributed by atoms with Crippen molar-refractivity contribution < 1.29 is 0 Å². The van der Waals surface area contributed by atoms with Crippen molar-refractivity contribution in [2.45, 2.75) is 24.8 Å². The Morgan fingerprint density at radius 2 is 2.42 bits per heavy atom. The van der Waals surface area contributed by atoms with Crippen LogP contribution in [0.15, 0.2) is 0 Å². The van der Waals surface area contributed by atoms with Crippen molar-refractivity contribution in [2.75, 3.05) is 18.1 Å². The van der Waals surface area contributed by atoms with E-state index in [1.807, 2.05) is 11.8 Å². The third-order valence-electron chi connectivity index (χ3n) is 2.66. The second kappa shape index (κ2) is 3.27. The van der Waals surface area contributed by atoms with E-state index >= 15 is 0 Å². The van der Waals surface area contributed by atoms with Crippen LogP contribution in [0, 0.1) is 17.2 Å². The number of thioether (sulfide) groups is 1. The minimum Gasteiger partial charge on any atom is -0.298 e. The molecule has 1 unspecified atom stereocenters. The zero-order valence-electron chi connectivity index (χ0n) is 7.18. The quantitative estimate of drug-likeness (QED) is 0.716. The highest BCUT2D eigenvalue weighted by Gasteiger charge is 2.35. The Morgan fingerprint density at radius 3 is 2.92 bits per heavy atom. The molecule has 0 radical (unpaired) electrons. The van der Waals surface area contributed by atoms with E-state index in [1.54, 1.807) is 0 Å². The van der Waals surface area contributed by atoms with Gasteiger partial charge >= 0.3 is 0 Å². The first-order valence-corrected chi connectivity index (χ1v) is 5.74. The Balaban J connectivity index is 1.84. The molecule has 2 fully saturated rings. The van der Waals surface area contributed by atoms with Crippen LogP contribution in [0.2, 0.25) is 0 Å². The molecule has 2 rings (SSSR count). The molecule has 1 atom stereocenters. The molecule has 0 amide bonds. The standard InChI is InChI=1S/C9H14N2S/c10-6-9(3-4-12-7-9)11-5-8-1-2-8/h8,11H,1-5,7H2. The highest BCUT2D eigenvalue weighted by molar-refractivity contribution is 7.99. The lowest BCUT2D eigenvalue weighted by Crippen LogP contribution is -2.44. The van der Waals surface area contributed by atoms with Crippen LogP contribution in [0.3, 0.4) is 0 Å². The molecule has 1 heterocycles. The second-order valence-electron chi connectivity index (χ2n) is 3.82. The monoisotopic (exact) mass is 182 g/mol. The summed E-state index contributed by atoms with van der Waals surface area (Å²) in [4.78, 5) is 0. The summed E-state index contributed by atoms with van der Waals surface area (Å²) in [6.07, 6.45) is 3.75. The fourth-order valence-electron chi connectivity index (χ4n) is 1.49. The number of rotatable bonds is 3. The highest BCUT2D eigenvalue weighted by atomic mass is 32.2. The molecule has 3 heteroatoms. The van der Waals surface area contributed by atoms with Crippen molar-refractivity contribution in [3.8, 4) is 6.07 Å². The molecule has 1 saturated carbocycles. The Kier molecular flexibility index (Phi) is 2.29. The number of nitrogens with one attached hydrogen (secondary N) is 1. The Morgan fingerprint density at radius 1 is 1.58 bits per heavy atom. The molecule has 66 valence electrons. The first-order valence-electron chi connectivity index (χ1n) is 4.59. The Bertz CT molecular complexity index is 199. The van der Waals surface area contributed by atoms with E-state index in [-0.39, 0.29) is 5.54 Å². The van der Waals surface area contributed by atoms with Gasteiger partial charge in [0.1, 0.15) is 5.54 Å². The smallest absolute Gasteiger partial charge is 0.116 e. The van der Waals surface area contributed by atoms with Gasteiger partial charge in [0.15, 0.2) is 0 Å². The van der Waals surface area contributed by atoms with Gasteiger partial charge in [-0.25, -0.2) is 0 Å². The van der Waals surface area contributed by atoms with E-state index in [0.29, 0.717) is 0 Å². The lowest BCUT2D eigenvalue weighted by molar-refractivity contribution is 0.446. The largest absolute Gasteiger partial charge is 0.298 e. The van der Waals surface area contributed by atoms with Crippen LogP contribution in [-0.4, -0.2) is 23.6 Å². The van der Waals surface area contributed by atoms with E-state index in [0.717, 1.165) is 30.4 Å². The molecule has 12 heavy (non-hydrogen) atoms. The molecule has 0 aromatic carbocycles. The predicted molar refractivity (Wildman–Crippen MR) is 51.0 cm³/mol.